The molecule has 1 fully saturated rings. The fourth-order valence-electron chi connectivity index (χ4n) is 3.15. The number of aromatic nitrogens is 2. The molecule has 0 bridgehead atoms. The van der Waals surface area contributed by atoms with Gasteiger partial charge < -0.3 is 10.1 Å². The lowest BCUT2D eigenvalue weighted by Gasteiger charge is -2.11. The largest absolute Gasteiger partial charge is 0.376 e. The summed E-state index contributed by atoms with van der Waals surface area (Å²) < 4.78 is 7.39. The molecule has 1 saturated heterocycles. The van der Waals surface area contributed by atoms with Gasteiger partial charge in [-0.1, -0.05) is 17.7 Å². The first-order valence-corrected chi connectivity index (χ1v) is 9.03. The number of aryl methyl sites for hydroxylation is 2. The molecule has 1 aliphatic heterocycles. The summed E-state index contributed by atoms with van der Waals surface area (Å²) in [6.45, 7) is 7.26. The highest BCUT2D eigenvalue weighted by atomic mass is 35.5. The van der Waals surface area contributed by atoms with Crippen LogP contribution < -0.4 is 5.32 Å². The van der Waals surface area contributed by atoms with Crippen LogP contribution >= 0.6 is 11.6 Å². The number of ether oxygens (including phenoxy) is 1. The van der Waals surface area contributed by atoms with E-state index >= 15 is 0 Å². The molecule has 2 aromatic rings. The first kappa shape index (κ1) is 18.0. The van der Waals surface area contributed by atoms with Gasteiger partial charge in [0.2, 0.25) is 5.91 Å². The second-order valence-corrected chi connectivity index (χ2v) is 7.02. The van der Waals surface area contributed by atoms with Crippen molar-refractivity contribution in [3.8, 4) is 5.69 Å². The molecule has 1 atom stereocenters. The van der Waals surface area contributed by atoms with Gasteiger partial charge in [-0.25, -0.2) is 4.68 Å². The summed E-state index contributed by atoms with van der Waals surface area (Å²) in [6.07, 6.45) is 2.57. The normalized spacial score (nSPS) is 17.0. The average Bonchev–Trinajstić information content (AvgIpc) is 3.19. The highest BCUT2D eigenvalue weighted by Gasteiger charge is 2.19. The van der Waals surface area contributed by atoms with Crippen molar-refractivity contribution in [3.05, 3.63) is 45.7 Å². The van der Waals surface area contributed by atoms with E-state index in [1.807, 2.05) is 43.7 Å². The Morgan fingerprint density at radius 1 is 1.40 bits per heavy atom. The first-order chi connectivity index (χ1) is 12.0. The smallest absolute Gasteiger partial charge is 0.224 e. The topological polar surface area (TPSA) is 56.2 Å². The standard InChI is InChI=1S/C19H24ClN3O2/c1-12-6-7-15(9-18(12)20)23-14(3)17(13(2)22-23)10-19(24)21-11-16-5-4-8-25-16/h6-7,9,16H,4-5,8,10-11H2,1-3H3,(H,21,24). The van der Waals surface area contributed by atoms with Crippen molar-refractivity contribution < 1.29 is 9.53 Å². The van der Waals surface area contributed by atoms with E-state index in [2.05, 4.69) is 10.4 Å². The molecule has 1 N–H and O–H groups in total. The van der Waals surface area contributed by atoms with Crippen molar-refractivity contribution in [2.45, 2.75) is 46.1 Å². The lowest BCUT2D eigenvalue weighted by molar-refractivity contribution is -0.120. The number of nitrogens with zero attached hydrogens (tertiary/aromatic N) is 2. The van der Waals surface area contributed by atoms with Crippen LogP contribution in [0.1, 0.15) is 35.4 Å². The number of hydrogen-bond acceptors (Lipinski definition) is 3. The summed E-state index contributed by atoms with van der Waals surface area (Å²) in [5.74, 6) is 0.00295. The van der Waals surface area contributed by atoms with Gasteiger partial charge in [-0.3, -0.25) is 4.79 Å². The number of hydrogen-bond donors (Lipinski definition) is 1. The zero-order chi connectivity index (χ0) is 18.0. The maximum atomic E-state index is 12.3. The molecule has 2 heterocycles. The van der Waals surface area contributed by atoms with Crippen LogP contribution in [0.5, 0.6) is 0 Å². The minimum absolute atomic E-state index is 0.00295. The molecule has 6 heteroatoms. The molecule has 0 aliphatic carbocycles. The van der Waals surface area contributed by atoms with E-state index in [1.54, 1.807) is 0 Å². The van der Waals surface area contributed by atoms with Crippen LogP contribution in [0.3, 0.4) is 0 Å². The second-order valence-electron chi connectivity index (χ2n) is 6.61. The van der Waals surface area contributed by atoms with Crippen LogP contribution in [-0.2, 0) is 16.0 Å². The molecule has 1 amide bonds. The summed E-state index contributed by atoms with van der Waals surface area (Å²) in [5.41, 5.74) is 4.72. The Morgan fingerprint density at radius 2 is 2.20 bits per heavy atom. The predicted molar refractivity (Wildman–Crippen MR) is 98.5 cm³/mol. The summed E-state index contributed by atoms with van der Waals surface area (Å²) in [7, 11) is 0. The van der Waals surface area contributed by atoms with Crippen molar-refractivity contribution in [1.29, 1.82) is 0 Å². The molecule has 0 saturated carbocycles. The zero-order valence-electron chi connectivity index (χ0n) is 14.9. The molecule has 25 heavy (non-hydrogen) atoms. The Labute approximate surface area is 153 Å². The number of carbonyl (C=O) groups is 1. The second kappa shape index (κ2) is 7.58. The highest BCUT2D eigenvalue weighted by molar-refractivity contribution is 6.31. The van der Waals surface area contributed by atoms with Crippen molar-refractivity contribution in [2.24, 2.45) is 0 Å². The Kier molecular flexibility index (Phi) is 5.45. The van der Waals surface area contributed by atoms with Crippen molar-refractivity contribution in [2.75, 3.05) is 13.2 Å². The Balaban J connectivity index is 1.72. The number of rotatable bonds is 5. The molecule has 0 spiro atoms. The van der Waals surface area contributed by atoms with Crippen molar-refractivity contribution in [3.63, 3.8) is 0 Å². The van der Waals surface area contributed by atoms with Crippen molar-refractivity contribution in [1.82, 2.24) is 15.1 Å². The minimum atomic E-state index is 0.00295. The minimum Gasteiger partial charge on any atom is -0.376 e. The van der Waals surface area contributed by atoms with Crippen molar-refractivity contribution >= 4 is 17.5 Å². The summed E-state index contributed by atoms with van der Waals surface area (Å²) in [5, 5.41) is 8.28. The van der Waals surface area contributed by atoms with Crippen LogP contribution in [0.25, 0.3) is 5.69 Å². The third kappa shape index (κ3) is 4.05. The fraction of sp³-hybridized carbons (Fsp3) is 0.474. The molecule has 3 rings (SSSR count). The maximum absolute atomic E-state index is 12.3. The van der Waals surface area contributed by atoms with E-state index in [0.29, 0.717) is 18.0 Å². The Hall–Kier alpha value is -1.85. The van der Waals surface area contributed by atoms with Gasteiger partial charge in [0.25, 0.3) is 0 Å². The van der Waals surface area contributed by atoms with Gasteiger partial charge in [-0.15, -0.1) is 0 Å². The molecule has 0 radical (unpaired) electrons. The molecular formula is C19H24ClN3O2. The Morgan fingerprint density at radius 3 is 2.88 bits per heavy atom. The van der Waals surface area contributed by atoms with Crippen LogP contribution in [0.15, 0.2) is 18.2 Å². The number of carbonyl (C=O) groups excluding carboxylic acids is 1. The van der Waals surface area contributed by atoms with Gasteiger partial charge in [-0.05, 0) is 51.3 Å². The first-order valence-electron chi connectivity index (χ1n) is 8.65. The van der Waals surface area contributed by atoms with E-state index in [1.165, 1.54) is 0 Å². The van der Waals surface area contributed by atoms with E-state index in [0.717, 1.165) is 47.7 Å². The van der Waals surface area contributed by atoms with Gasteiger partial charge in [0.1, 0.15) is 0 Å². The van der Waals surface area contributed by atoms with E-state index in [-0.39, 0.29) is 12.0 Å². The lowest BCUT2D eigenvalue weighted by Crippen LogP contribution is -2.33. The number of amides is 1. The molecular weight excluding hydrogens is 338 g/mol. The van der Waals surface area contributed by atoms with Crippen LogP contribution in [0.4, 0.5) is 0 Å². The third-order valence-corrected chi connectivity index (χ3v) is 5.14. The number of nitrogens with one attached hydrogen (secondary N) is 1. The van der Waals surface area contributed by atoms with E-state index < -0.39 is 0 Å². The van der Waals surface area contributed by atoms with Gasteiger partial charge in [0.05, 0.1) is 23.9 Å². The quantitative estimate of drug-likeness (QED) is 0.889. The van der Waals surface area contributed by atoms with Gasteiger partial charge in [0.15, 0.2) is 0 Å². The number of halogens is 1. The molecule has 134 valence electrons. The molecule has 1 aromatic carbocycles. The number of benzene rings is 1. The molecule has 1 aliphatic rings. The maximum Gasteiger partial charge on any atom is 0.224 e. The van der Waals surface area contributed by atoms with Crippen LogP contribution in [0, 0.1) is 20.8 Å². The predicted octanol–water partition coefficient (Wildman–Crippen LogP) is 3.29. The van der Waals surface area contributed by atoms with Gasteiger partial charge in [0, 0.05) is 29.4 Å². The monoisotopic (exact) mass is 361 g/mol. The highest BCUT2D eigenvalue weighted by Crippen LogP contribution is 2.23. The Bertz CT molecular complexity index is 779. The SMILES string of the molecule is Cc1ccc(-n2nc(C)c(CC(=O)NCC3CCCO3)c2C)cc1Cl. The fourth-order valence-corrected chi connectivity index (χ4v) is 3.33. The molecule has 5 nitrogen and oxygen atoms in total. The summed E-state index contributed by atoms with van der Waals surface area (Å²) in [4.78, 5) is 12.3. The van der Waals surface area contributed by atoms with Crippen LogP contribution in [-0.4, -0.2) is 34.9 Å². The lowest BCUT2D eigenvalue weighted by atomic mass is 10.1. The van der Waals surface area contributed by atoms with Gasteiger partial charge in [-0.2, -0.15) is 5.10 Å². The van der Waals surface area contributed by atoms with E-state index in [4.69, 9.17) is 16.3 Å². The average molecular weight is 362 g/mol. The zero-order valence-corrected chi connectivity index (χ0v) is 15.7. The summed E-state index contributed by atoms with van der Waals surface area (Å²) >= 11 is 6.23. The third-order valence-electron chi connectivity index (χ3n) is 4.73. The molecule has 1 unspecified atom stereocenters. The van der Waals surface area contributed by atoms with Crippen LogP contribution in [0.2, 0.25) is 5.02 Å². The van der Waals surface area contributed by atoms with Gasteiger partial charge >= 0.3 is 0 Å². The summed E-state index contributed by atoms with van der Waals surface area (Å²) in [6, 6.07) is 5.86. The van der Waals surface area contributed by atoms with E-state index in [9.17, 15) is 4.79 Å². The molecule has 1 aromatic heterocycles.